The number of nitro benzene ring substituents is 1. The van der Waals surface area contributed by atoms with E-state index < -0.39 is 0 Å². The summed E-state index contributed by atoms with van der Waals surface area (Å²) in [5.41, 5.74) is 8.01. The quantitative estimate of drug-likeness (QED) is 0.668. The van der Waals surface area contributed by atoms with Gasteiger partial charge in [0.1, 0.15) is 4.47 Å². The van der Waals surface area contributed by atoms with Gasteiger partial charge in [-0.05, 0) is 39.5 Å². The maximum Gasteiger partial charge on any atom is 0.283 e. The SMILES string of the molecule is CCC(N)c1ccn(Cc2cccc([N+](=O)[O-])c2Br)c1. The molecule has 106 valence electrons. The number of aromatic nitrogens is 1. The highest BCUT2D eigenvalue weighted by Crippen LogP contribution is 2.29. The Hall–Kier alpha value is -1.66. The predicted molar refractivity (Wildman–Crippen MR) is 81.5 cm³/mol. The molecule has 0 aliphatic rings. The average Bonchev–Trinajstić information content (AvgIpc) is 2.88. The van der Waals surface area contributed by atoms with Gasteiger partial charge >= 0.3 is 0 Å². The minimum Gasteiger partial charge on any atom is -0.350 e. The number of hydrogen-bond donors (Lipinski definition) is 1. The molecule has 1 aromatic heterocycles. The summed E-state index contributed by atoms with van der Waals surface area (Å²) in [7, 11) is 0. The Balaban J connectivity index is 2.24. The normalized spacial score (nSPS) is 12.3. The molecule has 0 saturated carbocycles. The molecule has 0 aliphatic heterocycles. The van der Waals surface area contributed by atoms with Crippen molar-refractivity contribution in [3.05, 3.63) is 62.4 Å². The van der Waals surface area contributed by atoms with Crippen molar-refractivity contribution in [2.45, 2.75) is 25.9 Å². The summed E-state index contributed by atoms with van der Waals surface area (Å²) in [4.78, 5) is 10.5. The van der Waals surface area contributed by atoms with E-state index in [2.05, 4.69) is 15.9 Å². The van der Waals surface area contributed by atoms with Gasteiger partial charge in [0.25, 0.3) is 5.69 Å². The number of nitrogens with zero attached hydrogens (tertiary/aromatic N) is 2. The van der Waals surface area contributed by atoms with Crippen LogP contribution >= 0.6 is 15.9 Å². The highest BCUT2D eigenvalue weighted by molar-refractivity contribution is 9.10. The van der Waals surface area contributed by atoms with Crippen LogP contribution in [0.1, 0.15) is 30.5 Å². The standard InChI is InChI=1S/C14H16BrN3O2/c1-2-12(16)10-6-7-17(8-10)9-11-4-3-5-13(14(11)15)18(19)20/h3-8,12H,2,9,16H2,1H3. The molecule has 1 atom stereocenters. The van der Waals surface area contributed by atoms with Gasteiger partial charge in [0.05, 0.1) is 4.92 Å². The van der Waals surface area contributed by atoms with E-state index in [0.717, 1.165) is 17.5 Å². The molecule has 0 saturated heterocycles. The molecule has 0 spiro atoms. The first-order chi connectivity index (χ1) is 9.52. The summed E-state index contributed by atoms with van der Waals surface area (Å²) < 4.78 is 2.51. The van der Waals surface area contributed by atoms with Crippen molar-refractivity contribution in [1.29, 1.82) is 0 Å². The van der Waals surface area contributed by atoms with E-state index in [1.54, 1.807) is 6.07 Å². The van der Waals surface area contributed by atoms with Crippen LogP contribution in [0, 0.1) is 10.1 Å². The number of halogens is 1. The second-order valence-electron chi connectivity index (χ2n) is 4.64. The third kappa shape index (κ3) is 3.08. The summed E-state index contributed by atoms with van der Waals surface area (Å²) in [6, 6.07) is 7.07. The van der Waals surface area contributed by atoms with Crippen LogP contribution in [0.25, 0.3) is 0 Å². The largest absolute Gasteiger partial charge is 0.350 e. The van der Waals surface area contributed by atoms with Crippen molar-refractivity contribution in [2.75, 3.05) is 0 Å². The van der Waals surface area contributed by atoms with Crippen molar-refractivity contribution in [3.8, 4) is 0 Å². The Morgan fingerprint density at radius 1 is 1.45 bits per heavy atom. The molecular weight excluding hydrogens is 322 g/mol. The highest BCUT2D eigenvalue weighted by Gasteiger charge is 2.15. The van der Waals surface area contributed by atoms with Crippen molar-refractivity contribution < 1.29 is 4.92 Å². The molecule has 6 heteroatoms. The first kappa shape index (κ1) is 14.7. The van der Waals surface area contributed by atoms with Gasteiger partial charge in [-0.15, -0.1) is 0 Å². The smallest absolute Gasteiger partial charge is 0.283 e. The summed E-state index contributed by atoms with van der Waals surface area (Å²) in [6.45, 7) is 2.61. The first-order valence-corrected chi connectivity index (χ1v) is 7.15. The van der Waals surface area contributed by atoms with Gasteiger partial charge in [-0.1, -0.05) is 19.1 Å². The van der Waals surface area contributed by atoms with E-state index in [1.165, 1.54) is 6.07 Å². The molecule has 0 fully saturated rings. The van der Waals surface area contributed by atoms with Crippen LogP contribution in [0.15, 0.2) is 41.1 Å². The number of hydrogen-bond acceptors (Lipinski definition) is 3. The number of benzene rings is 1. The van der Waals surface area contributed by atoms with Gasteiger partial charge in [-0.3, -0.25) is 10.1 Å². The van der Waals surface area contributed by atoms with Gasteiger partial charge in [0.2, 0.25) is 0 Å². The molecule has 20 heavy (non-hydrogen) atoms. The Labute approximate surface area is 125 Å². The van der Waals surface area contributed by atoms with Crippen LogP contribution in [0.2, 0.25) is 0 Å². The predicted octanol–water partition coefficient (Wildman–Crippen LogP) is 3.62. The molecule has 1 heterocycles. The maximum atomic E-state index is 10.9. The van der Waals surface area contributed by atoms with E-state index in [1.807, 2.05) is 36.0 Å². The first-order valence-electron chi connectivity index (χ1n) is 6.36. The second-order valence-corrected chi connectivity index (χ2v) is 5.43. The van der Waals surface area contributed by atoms with Gasteiger partial charge in [-0.25, -0.2) is 0 Å². The molecule has 2 N–H and O–H groups in total. The van der Waals surface area contributed by atoms with Crippen LogP contribution in [0.4, 0.5) is 5.69 Å². The van der Waals surface area contributed by atoms with Crippen LogP contribution in [0.3, 0.4) is 0 Å². The maximum absolute atomic E-state index is 10.9. The molecular formula is C14H16BrN3O2. The van der Waals surface area contributed by atoms with E-state index in [0.29, 0.717) is 11.0 Å². The summed E-state index contributed by atoms with van der Waals surface area (Å²) in [5, 5.41) is 10.9. The van der Waals surface area contributed by atoms with Gasteiger partial charge in [-0.2, -0.15) is 0 Å². The molecule has 1 aromatic carbocycles. The topological polar surface area (TPSA) is 74.1 Å². The van der Waals surface area contributed by atoms with Crippen LogP contribution in [0.5, 0.6) is 0 Å². The van der Waals surface area contributed by atoms with Crippen molar-refractivity contribution in [2.24, 2.45) is 5.73 Å². The lowest BCUT2D eigenvalue weighted by atomic mass is 10.1. The van der Waals surface area contributed by atoms with E-state index in [-0.39, 0.29) is 16.7 Å². The minimum absolute atomic E-state index is 0.0322. The lowest BCUT2D eigenvalue weighted by molar-refractivity contribution is -0.385. The zero-order valence-electron chi connectivity index (χ0n) is 11.1. The molecule has 1 unspecified atom stereocenters. The monoisotopic (exact) mass is 337 g/mol. The second kappa shape index (κ2) is 6.19. The van der Waals surface area contributed by atoms with E-state index in [9.17, 15) is 10.1 Å². The summed E-state index contributed by atoms with van der Waals surface area (Å²) >= 11 is 3.31. The van der Waals surface area contributed by atoms with Crippen LogP contribution < -0.4 is 5.73 Å². The summed E-state index contributed by atoms with van der Waals surface area (Å²) in [5.74, 6) is 0. The third-order valence-corrected chi connectivity index (χ3v) is 4.16. The van der Waals surface area contributed by atoms with Crippen molar-refractivity contribution in [3.63, 3.8) is 0 Å². The fraction of sp³-hybridized carbons (Fsp3) is 0.286. The molecule has 0 radical (unpaired) electrons. The van der Waals surface area contributed by atoms with Crippen molar-refractivity contribution >= 4 is 21.6 Å². The molecule has 0 bridgehead atoms. The van der Waals surface area contributed by atoms with Crippen LogP contribution in [-0.4, -0.2) is 9.49 Å². The number of rotatable bonds is 5. The fourth-order valence-electron chi connectivity index (χ4n) is 2.04. The zero-order chi connectivity index (χ0) is 14.7. The zero-order valence-corrected chi connectivity index (χ0v) is 12.7. The van der Waals surface area contributed by atoms with E-state index in [4.69, 9.17) is 5.73 Å². The Morgan fingerprint density at radius 2 is 2.20 bits per heavy atom. The van der Waals surface area contributed by atoms with Gasteiger partial charge in [0, 0.05) is 31.0 Å². The summed E-state index contributed by atoms with van der Waals surface area (Å²) in [6.07, 6.45) is 4.81. The lowest BCUT2D eigenvalue weighted by Crippen LogP contribution is -2.07. The fourth-order valence-corrected chi connectivity index (χ4v) is 2.57. The molecule has 5 nitrogen and oxygen atoms in total. The Bertz CT molecular complexity index is 625. The Morgan fingerprint density at radius 3 is 2.85 bits per heavy atom. The molecule has 2 aromatic rings. The van der Waals surface area contributed by atoms with Gasteiger partial charge < -0.3 is 10.3 Å². The van der Waals surface area contributed by atoms with E-state index >= 15 is 0 Å². The number of nitrogens with two attached hydrogens (primary N) is 1. The molecule has 0 amide bonds. The molecule has 2 rings (SSSR count). The van der Waals surface area contributed by atoms with Gasteiger partial charge in [0.15, 0.2) is 0 Å². The lowest BCUT2D eigenvalue weighted by Gasteiger charge is -2.07. The number of nitro groups is 1. The third-order valence-electron chi connectivity index (χ3n) is 3.25. The minimum atomic E-state index is -0.387. The highest BCUT2D eigenvalue weighted by atomic mass is 79.9. The van der Waals surface area contributed by atoms with Crippen LogP contribution in [-0.2, 0) is 6.54 Å². The molecule has 0 aliphatic carbocycles. The Kier molecular flexibility index (Phi) is 4.57. The average molecular weight is 338 g/mol. The van der Waals surface area contributed by atoms with Crippen molar-refractivity contribution in [1.82, 2.24) is 4.57 Å².